The van der Waals surface area contributed by atoms with Gasteiger partial charge in [0, 0.05) is 11.9 Å². The van der Waals surface area contributed by atoms with Crippen LogP contribution >= 0.6 is 0 Å². The molecule has 1 rings (SSSR count). The van der Waals surface area contributed by atoms with Gasteiger partial charge in [0.2, 0.25) is 0 Å². The number of nitrogens with one attached hydrogen (secondary N) is 2. The van der Waals surface area contributed by atoms with Crippen molar-refractivity contribution in [3.63, 3.8) is 0 Å². The van der Waals surface area contributed by atoms with Crippen molar-refractivity contribution in [2.75, 3.05) is 13.2 Å². The number of hydrogen-bond donors (Lipinski definition) is 2. The highest BCUT2D eigenvalue weighted by Crippen LogP contribution is 2.15. The maximum absolute atomic E-state index is 7.34. The van der Waals surface area contributed by atoms with E-state index >= 15 is 0 Å². The van der Waals surface area contributed by atoms with E-state index in [0.717, 1.165) is 18.8 Å². The molecule has 0 aromatic heterocycles. The second kappa shape index (κ2) is 3.27. The summed E-state index contributed by atoms with van der Waals surface area (Å²) in [6.45, 7) is 7.34. The van der Waals surface area contributed by atoms with Gasteiger partial charge in [0.15, 0.2) is 0 Å². The molecule has 0 bridgehead atoms. The molecule has 0 saturated carbocycles. The molecular formula is C9H16N2O. The minimum Gasteiger partial charge on any atom is -0.381 e. The predicted molar refractivity (Wildman–Crippen MR) is 49.5 cm³/mol. The molecule has 1 heterocycles. The third kappa shape index (κ3) is 2.08. The molecule has 0 unspecified atom stereocenters. The smallest absolute Gasteiger partial charge is 0.0807 e. The van der Waals surface area contributed by atoms with Gasteiger partial charge in [-0.2, -0.15) is 0 Å². The average Bonchev–Trinajstić information content (AvgIpc) is 1.96. The van der Waals surface area contributed by atoms with E-state index in [2.05, 4.69) is 12.2 Å². The van der Waals surface area contributed by atoms with Crippen LogP contribution in [-0.4, -0.2) is 24.5 Å². The van der Waals surface area contributed by atoms with Crippen LogP contribution in [0.15, 0.2) is 11.8 Å². The fourth-order valence-corrected chi connectivity index (χ4v) is 0.882. The zero-order chi connectivity index (χ0) is 9.19. The lowest BCUT2D eigenvalue weighted by atomic mass is 10.0. The van der Waals surface area contributed by atoms with E-state index in [-0.39, 0.29) is 5.54 Å². The lowest BCUT2D eigenvalue weighted by molar-refractivity contribution is -0.0574. The third-order valence-corrected chi connectivity index (χ3v) is 2.07. The molecule has 0 atom stereocenters. The third-order valence-electron chi connectivity index (χ3n) is 2.07. The van der Waals surface area contributed by atoms with Gasteiger partial charge < -0.3 is 15.5 Å². The minimum atomic E-state index is 0.0940. The van der Waals surface area contributed by atoms with Crippen molar-refractivity contribution in [1.82, 2.24) is 5.32 Å². The molecule has 68 valence electrons. The Balaban J connectivity index is 2.42. The van der Waals surface area contributed by atoms with E-state index in [1.54, 1.807) is 6.92 Å². The maximum atomic E-state index is 7.34. The van der Waals surface area contributed by atoms with Crippen LogP contribution in [-0.2, 0) is 4.74 Å². The number of hydrogen-bond acceptors (Lipinski definition) is 3. The van der Waals surface area contributed by atoms with Crippen LogP contribution in [0, 0.1) is 5.41 Å². The van der Waals surface area contributed by atoms with Crippen LogP contribution in [0.5, 0.6) is 0 Å². The molecule has 0 spiro atoms. The molecular weight excluding hydrogens is 152 g/mol. The van der Waals surface area contributed by atoms with Crippen molar-refractivity contribution in [3.05, 3.63) is 11.8 Å². The molecule has 0 amide bonds. The van der Waals surface area contributed by atoms with Crippen molar-refractivity contribution in [1.29, 1.82) is 5.41 Å². The van der Waals surface area contributed by atoms with E-state index < -0.39 is 0 Å². The molecule has 0 aromatic rings. The Kier molecular flexibility index (Phi) is 2.52. The van der Waals surface area contributed by atoms with Gasteiger partial charge >= 0.3 is 0 Å². The van der Waals surface area contributed by atoms with Gasteiger partial charge in [-0.05, 0) is 26.3 Å². The zero-order valence-electron chi connectivity index (χ0n) is 7.90. The highest BCUT2D eigenvalue weighted by Gasteiger charge is 2.31. The van der Waals surface area contributed by atoms with Crippen molar-refractivity contribution < 1.29 is 4.74 Å². The van der Waals surface area contributed by atoms with Crippen molar-refractivity contribution in [2.24, 2.45) is 0 Å². The first-order valence-corrected chi connectivity index (χ1v) is 4.11. The van der Waals surface area contributed by atoms with Crippen molar-refractivity contribution in [2.45, 2.75) is 26.3 Å². The molecule has 1 aliphatic rings. The van der Waals surface area contributed by atoms with Gasteiger partial charge in [0.25, 0.3) is 0 Å². The fourth-order valence-electron chi connectivity index (χ4n) is 0.882. The Morgan fingerprint density at radius 1 is 1.50 bits per heavy atom. The largest absolute Gasteiger partial charge is 0.381 e. The quantitative estimate of drug-likeness (QED) is 0.624. The van der Waals surface area contributed by atoms with Crippen LogP contribution < -0.4 is 5.32 Å². The van der Waals surface area contributed by atoms with Gasteiger partial charge in [-0.1, -0.05) is 0 Å². The lowest BCUT2D eigenvalue weighted by Crippen LogP contribution is -2.56. The fraction of sp³-hybridized carbons (Fsp3) is 0.667. The first-order chi connectivity index (χ1) is 5.53. The molecule has 1 fully saturated rings. The van der Waals surface area contributed by atoms with Gasteiger partial charge in [-0.15, -0.1) is 0 Å². The number of rotatable bonds is 3. The molecule has 3 nitrogen and oxygen atoms in total. The molecule has 0 aliphatic carbocycles. The van der Waals surface area contributed by atoms with Gasteiger partial charge in [-0.3, -0.25) is 0 Å². The molecule has 0 aromatic carbocycles. The van der Waals surface area contributed by atoms with Crippen molar-refractivity contribution in [3.8, 4) is 0 Å². The van der Waals surface area contributed by atoms with Gasteiger partial charge in [0.1, 0.15) is 0 Å². The zero-order valence-corrected chi connectivity index (χ0v) is 7.90. The van der Waals surface area contributed by atoms with E-state index in [0.29, 0.717) is 5.71 Å². The summed E-state index contributed by atoms with van der Waals surface area (Å²) in [5, 5.41) is 10.6. The summed E-state index contributed by atoms with van der Waals surface area (Å²) in [6.07, 6.45) is 1.89. The summed E-state index contributed by atoms with van der Waals surface area (Å²) in [6, 6.07) is 0. The Bertz CT molecular complexity index is 217. The standard InChI is InChI=1S/C9H16N2O/c1-7(8(2)10)4-11-9(3)5-12-6-9/h4,10-11H,5-6H2,1-3H3/b7-4-,10-8?. The molecule has 3 heteroatoms. The van der Waals surface area contributed by atoms with Crippen LogP contribution in [0.3, 0.4) is 0 Å². The summed E-state index contributed by atoms with van der Waals surface area (Å²) in [4.78, 5) is 0. The normalized spacial score (nSPS) is 21.4. The van der Waals surface area contributed by atoms with Crippen LogP contribution in [0.4, 0.5) is 0 Å². The van der Waals surface area contributed by atoms with Gasteiger partial charge in [0.05, 0.1) is 18.8 Å². The Morgan fingerprint density at radius 3 is 2.42 bits per heavy atom. The molecule has 0 radical (unpaired) electrons. The summed E-state index contributed by atoms with van der Waals surface area (Å²) in [5.41, 5.74) is 1.67. The van der Waals surface area contributed by atoms with Crippen LogP contribution in [0.2, 0.25) is 0 Å². The minimum absolute atomic E-state index is 0.0940. The van der Waals surface area contributed by atoms with E-state index in [9.17, 15) is 0 Å². The predicted octanol–water partition coefficient (Wildman–Crippen LogP) is 1.31. The number of allylic oxidation sites excluding steroid dienone is 1. The van der Waals surface area contributed by atoms with Crippen LogP contribution in [0.1, 0.15) is 20.8 Å². The topological polar surface area (TPSA) is 45.1 Å². The van der Waals surface area contributed by atoms with E-state index in [1.807, 2.05) is 13.1 Å². The Labute approximate surface area is 73.3 Å². The summed E-state index contributed by atoms with van der Waals surface area (Å²) < 4.78 is 5.09. The molecule has 12 heavy (non-hydrogen) atoms. The SMILES string of the molecule is CC(=N)/C(C)=C\NC1(C)COC1. The van der Waals surface area contributed by atoms with Crippen LogP contribution in [0.25, 0.3) is 0 Å². The summed E-state index contributed by atoms with van der Waals surface area (Å²) >= 11 is 0. The summed E-state index contributed by atoms with van der Waals surface area (Å²) in [7, 11) is 0. The lowest BCUT2D eigenvalue weighted by Gasteiger charge is -2.38. The highest BCUT2D eigenvalue weighted by molar-refractivity contribution is 5.94. The number of ether oxygens (including phenoxy) is 1. The van der Waals surface area contributed by atoms with E-state index in [1.165, 1.54) is 0 Å². The first-order valence-electron chi connectivity index (χ1n) is 4.11. The van der Waals surface area contributed by atoms with Crippen molar-refractivity contribution >= 4 is 5.71 Å². The highest BCUT2D eigenvalue weighted by atomic mass is 16.5. The summed E-state index contributed by atoms with van der Waals surface area (Å²) in [5.74, 6) is 0. The molecule has 1 saturated heterocycles. The molecule has 1 aliphatic heterocycles. The molecule has 2 N–H and O–H groups in total. The second-order valence-electron chi connectivity index (χ2n) is 3.65. The average molecular weight is 168 g/mol. The van der Waals surface area contributed by atoms with E-state index in [4.69, 9.17) is 10.1 Å². The maximum Gasteiger partial charge on any atom is 0.0807 e. The Morgan fingerprint density at radius 2 is 2.08 bits per heavy atom. The monoisotopic (exact) mass is 168 g/mol. The Hall–Kier alpha value is -0.830. The second-order valence-corrected chi connectivity index (χ2v) is 3.65. The first kappa shape index (κ1) is 9.26. The van der Waals surface area contributed by atoms with Gasteiger partial charge in [-0.25, -0.2) is 0 Å².